The molecule has 0 saturated carbocycles. The fourth-order valence-electron chi connectivity index (χ4n) is 1.90. The molecule has 24 heavy (non-hydrogen) atoms. The molecule has 1 amide bonds. The van der Waals surface area contributed by atoms with E-state index in [1.54, 1.807) is 26.0 Å². The molecule has 0 atom stereocenters. The molecule has 2 rings (SSSR count). The quantitative estimate of drug-likeness (QED) is 0.806. The summed E-state index contributed by atoms with van der Waals surface area (Å²) in [5.74, 6) is -1.70. The number of nitrogens with zero attached hydrogens (tertiary/aromatic N) is 1. The molecule has 9 heteroatoms. The fourth-order valence-corrected chi connectivity index (χ4v) is 3.85. The van der Waals surface area contributed by atoms with Gasteiger partial charge in [0.2, 0.25) is 0 Å². The Labute approximate surface area is 143 Å². The second kappa shape index (κ2) is 7.10. The molecule has 1 aromatic carbocycles. The smallest absolute Gasteiger partial charge is 0.355 e. The Kier molecular flexibility index (Phi) is 5.35. The van der Waals surface area contributed by atoms with Gasteiger partial charge in [0.05, 0.1) is 22.3 Å². The van der Waals surface area contributed by atoms with Gasteiger partial charge in [-0.3, -0.25) is 4.79 Å². The van der Waals surface area contributed by atoms with Gasteiger partial charge in [-0.15, -0.1) is 11.3 Å². The highest BCUT2D eigenvalue weighted by Gasteiger charge is 2.25. The van der Waals surface area contributed by atoms with Gasteiger partial charge < -0.3 is 10.4 Å². The summed E-state index contributed by atoms with van der Waals surface area (Å²) in [6, 6.07) is 5.98. The third-order valence-electron chi connectivity index (χ3n) is 3.23. The van der Waals surface area contributed by atoms with Crippen LogP contribution in [-0.2, 0) is 16.4 Å². The Morgan fingerprint density at radius 2 is 1.96 bits per heavy atom. The van der Waals surface area contributed by atoms with Crippen molar-refractivity contribution in [3.63, 3.8) is 0 Å². The first-order valence-corrected chi connectivity index (χ1v) is 9.45. The maximum absolute atomic E-state index is 12.4. The van der Waals surface area contributed by atoms with Crippen LogP contribution in [0.1, 0.15) is 39.7 Å². The molecule has 128 valence electrons. The Hall–Kier alpha value is -2.26. The molecule has 0 fully saturated rings. The molecular weight excluding hydrogens is 352 g/mol. The van der Waals surface area contributed by atoms with E-state index in [1.807, 2.05) is 0 Å². The van der Waals surface area contributed by atoms with Gasteiger partial charge >= 0.3 is 5.97 Å². The van der Waals surface area contributed by atoms with Crippen LogP contribution in [0.25, 0.3) is 0 Å². The molecule has 0 radical (unpaired) electrons. The number of carbonyl (C=O) groups is 2. The van der Waals surface area contributed by atoms with Gasteiger partial charge in [-0.1, -0.05) is 12.1 Å². The summed E-state index contributed by atoms with van der Waals surface area (Å²) < 4.78 is 24.7. The van der Waals surface area contributed by atoms with E-state index < -0.39 is 27.0 Å². The normalized spacial score (nSPS) is 11.5. The third-order valence-corrected chi connectivity index (χ3v) is 6.29. The van der Waals surface area contributed by atoms with E-state index in [9.17, 15) is 18.0 Å². The summed E-state index contributed by atoms with van der Waals surface area (Å²) in [6.45, 7) is 3.12. The number of sulfone groups is 1. The molecule has 0 bridgehead atoms. The average Bonchev–Trinajstić information content (AvgIpc) is 3.01. The molecule has 0 unspecified atom stereocenters. The summed E-state index contributed by atoms with van der Waals surface area (Å²) in [5, 5.41) is 12.5. The van der Waals surface area contributed by atoms with E-state index >= 15 is 0 Å². The topological polar surface area (TPSA) is 113 Å². The number of carboxylic acids is 1. The number of hydrogen-bond acceptors (Lipinski definition) is 6. The largest absolute Gasteiger partial charge is 0.476 e. The molecule has 2 N–H and O–H groups in total. The van der Waals surface area contributed by atoms with Crippen LogP contribution in [0.5, 0.6) is 0 Å². The van der Waals surface area contributed by atoms with E-state index in [0.717, 1.165) is 11.3 Å². The van der Waals surface area contributed by atoms with Crippen molar-refractivity contribution in [2.45, 2.75) is 30.5 Å². The zero-order chi connectivity index (χ0) is 17.9. The lowest BCUT2D eigenvalue weighted by molar-refractivity contribution is 0.0691. The molecular formula is C15H16N2O5S2. The number of benzene rings is 1. The molecule has 7 nitrogen and oxygen atoms in total. The summed E-state index contributed by atoms with van der Waals surface area (Å²) in [6.07, 6.45) is 0. The minimum absolute atomic E-state index is 0.0207. The first kappa shape index (κ1) is 18.1. The van der Waals surface area contributed by atoms with Crippen molar-refractivity contribution in [3.05, 3.63) is 45.9 Å². The van der Waals surface area contributed by atoms with Crippen LogP contribution in [0.15, 0.2) is 34.5 Å². The number of hydrogen-bond donors (Lipinski definition) is 2. The lowest BCUT2D eigenvalue weighted by atomic mass is 10.2. The number of amides is 1. The number of aromatic nitrogens is 1. The van der Waals surface area contributed by atoms with Crippen LogP contribution < -0.4 is 5.32 Å². The third kappa shape index (κ3) is 3.80. The molecule has 2 aromatic rings. The maximum Gasteiger partial charge on any atom is 0.355 e. The van der Waals surface area contributed by atoms with Crippen molar-refractivity contribution in [1.29, 1.82) is 0 Å². The molecule has 1 aromatic heterocycles. The van der Waals surface area contributed by atoms with Gasteiger partial charge in [-0.2, -0.15) is 0 Å². The summed E-state index contributed by atoms with van der Waals surface area (Å²) in [4.78, 5) is 27.0. The van der Waals surface area contributed by atoms with E-state index in [1.165, 1.54) is 17.5 Å². The number of thiazole rings is 1. The zero-order valence-corrected chi connectivity index (χ0v) is 14.6. The Bertz CT molecular complexity index is 871. The van der Waals surface area contributed by atoms with E-state index in [-0.39, 0.29) is 22.7 Å². The minimum atomic E-state index is -3.59. The Balaban J connectivity index is 2.20. The molecule has 0 saturated heterocycles. The second-order valence-corrected chi connectivity index (χ2v) is 8.62. The fraction of sp³-hybridized carbons (Fsp3) is 0.267. The van der Waals surface area contributed by atoms with Crippen molar-refractivity contribution < 1.29 is 23.1 Å². The van der Waals surface area contributed by atoms with Gasteiger partial charge in [0.25, 0.3) is 5.91 Å². The average molecular weight is 368 g/mol. The highest BCUT2D eigenvalue weighted by molar-refractivity contribution is 7.92. The van der Waals surface area contributed by atoms with Crippen LogP contribution in [0, 0.1) is 0 Å². The number of carboxylic acid groups (broad SMARTS) is 1. The van der Waals surface area contributed by atoms with Crippen molar-refractivity contribution in [1.82, 2.24) is 10.3 Å². The van der Waals surface area contributed by atoms with Crippen molar-refractivity contribution in [2.75, 3.05) is 0 Å². The number of nitrogens with one attached hydrogen (secondary N) is 1. The van der Waals surface area contributed by atoms with Crippen molar-refractivity contribution in [2.24, 2.45) is 0 Å². The van der Waals surface area contributed by atoms with Crippen molar-refractivity contribution >= 4 is 33.1 Å². The number of aromatic carboxylic acids is 1. The highest BCUT2D eigenvalue weighted by Crippen LogP contribution is 2.20. The maximum atomic E-state index is 12.4. The summed E-state index contributed by atoms with van der Waals surface area (Å²) >= 11 is 1.10. The monoisotopic (exact) mass is 368 g/mol. The number of carbonyl (C=O) groups excluding carboxylic acids is 1. The van der Waals surface area contributed by atoms with Crippen LogP contribution in [0.2, 0.25) is 0 Å². The lowest BCUT2D eigenvalue weighted by Gasteiger charge is -2.12. The molecule has 0 aliphatic heterocycles. The highest BCUT2D eigenvalue weighted by atomic mass is 32.2. The van der Waals surface area contributed by atoms with Crippen LogP contribution in [-0.4, -0.2) is 35.6 Å². The van der Waals surface area contributed by atoms with E-state index in [4.69, 9.17) is 5.11 Å². The van der Waals surface area contributed by atoms with Crippen LogP contribution in [0.4, 0.5) is 0 Å². The van der Waals surface area contributed by atoms with E-state index in [0.29, 0.717) is 5.01 Å². The van der Waals surface area contributed by atoms with Gasteiger partial charge in [0.15, 0.2) is 15.5 Å². The minimum Gasteiger partial charge on any atom is -0.476 e. The predicted octanol–water partition coefficient (Wildman–Crippen LogP) is 1.95. The Morgan fingerprint density at radius 1 is 1.29 bits per heavy atom. The molecule has 0 aliphatic rings. The molecule has 1 heterocycles. The first-order chi connectivity index (χ1) is 11.2. The number of rotatable bonds is 6. The summed E-state index contributed by atoms with van der Waals surface area (Å²) in [7, 11) is -3.59. The van der Waals surface area contributed by atoms with Crippen LogP contribution >= 0.6 is 11.3 Å². The Morgan fingerprint density at radius 3 is 2.54 bits per heavy atom. The van der Waals surface area contributed by atoms with Gasteiger partial charge in [-0.05, 0) is 26.0 Å². The first-order valence-electron chi connectivity index (χ1n) is 7.02. The van der Waals surface area contributed by atoms with Crippen molar-refractivity contribution in [3.8, 4) is 0 Å². The zero-order valence-electron chi connectivity index (χ0n) is 13.0. The van der Waals surface area contributed by atoms with Gasteiger partial charge in [0.1, 0.15) is 5.01 Å². The van der Waals surface area contributed by atoms with Crippen LogP contribution in [0.3, 0.4) is 0 Å². The SMILES string of the molecule is CC(C)S(=O)(=O)c1ccccc1C(=O)NCc1nc(C(=O)O)cs1. The van der Waals surface area contributed by atoms with Gasteiger partial charge in [-0.25, -0.2) is 18.2 Å². The molecule has 0 aliphatic carbocycles. The lowest BCUT2D eigenvalue weighted by Crippen LogP contribution is -2.26. The van der Waals surface area contributed by atoms with Gasteiger partial charge in [0, 0.05) is 5.38 Å². The second-order valence-electron chi connectivity index (χ2n) is 5.20. The molecule has 0 spiro atoms. The summed E-state index contributed by atoms with van der Waals surface area (Å²) in [5.41, 5.74) is -0.0340. The predicted molar refractivity (Wildman–Crippen MR) is 89.0 cm³/mol. The van der Waals surface area contributed by atoms with E-state index in [2.05, 4.69) is 10.3 Å². The standard InChI is InChI=1S/C15H16N2O5S2/c1-9(2)24(21,22)12-6-4-3-5-10(12)14(18)16-7-13-17-11(8-23-13)15(19)20/h3-6,8-9H,7H2,1-2H3,(H,16,18)(H,19,20).